The quantitative estimate of drug-likeness (QED) is 0.216. The Morgan fingerprint density at radius 1 is 0.957 bits per heavy atom. The van der Waals surface area contributed by atoms with E-state index in [1.807, 2.05) is 0 Å². The minimum atomic E-state index is -0.708. The monoisotopic (exact) mass is 324 g/mol. The van der Waals surface area contributed by atoms with Crippen molar-refractivity contribution >= 4 is 5.97 Å². The van der Waals surface area contributed by atoms with Crippen LogP contribution < -0.4 is 0 Å². The average molecular weight is 325 g/mol. The van der Waals surface area contributed by atoms with Gasteiger partial charge in [-0.15, -0.1) is 0 Å². The number of unbranched alkanes of at least 4 members (excludes halogenated alkanes) is 5. The van der Waals surface area contributed by atoms with Gasteiger partial charge < -0.3 is 9.47 Å². The highest BCUT2D eigenvalue weighted by Crippen LogP contribution is 2.32. The average Bonchev–Trinajstić information content (AvgIpc) is 2.50. The van der Waals surface area contributed by atoms with Crippen molar-refractivity contribution in [1.29, 1.82) is 0 Å². The first-order chi connectivity index (χ1) is 11.1. The molecule has 1 aliphatic rings. The molecule has 0 heterocycles. The zero-order chi connectivity index (χ0) is 17.0. The summed E-state index contributed by atoms with van der Waals surface area (Å²) in [6.07, 6.45) is 14.9. The highest BCUT2D eigenvalue weighted by molar-refractivity contribution is 5.87. The van der Waals surface area contributed by atoms with Gasteiger partial charge in [0.1, 0.15) is 0 Å². The predicted molar refractivity (Wildman–Crippen MR) is 95.3 cm³/mol. The van der Waals surface area contributed by atoms with E-state index in [0.717, 1.165) is 32.1 Å². The molecule has 3 heteroatoms. The zero-order valence-corrected chi connectivity index (χ0v) is 15.3. The lowest BCUT2D eigenvalue weighted by Crippen LogP contribution is -2.39. The van der Waals surface area contributed by atoms with E-state index in [0.29, 0.717) is 12.2 Å². The highest BCUT2D eigenvalue weighted by atomic mass is 16.7. The third-order valence-corrected chi connectivity index (χ3v) is 4.61. The number of hydrogen-bond acceptors (Lipinski definition) is 3. The highest BCUT2D eigenvalue weighted by Gasteiger charge is 2.35. The topological polar surface area (TPSA) is 35.5 Å². The van der Waals surface area contributed by atoms with Crippen molar-refractivity contribution in [2.24, 2.45) is 0 Å². The lowest BCUT2D eigenvalue weighted by molar-refractivity contribution is -0.237. The Kier molecular flexibility index (Phi) is 10.3. The molecule has 0 amide bonds. The number of esters is 1. The van der Waals surface area contributed by atoms with E-state index in [2.05, 4.69) is 13.5 Å². The second kappa shape index (κ2) is 11.7. The van der Waals surface area contributed by atoms with E-state index in [1.54, 1.807) is 6.92 Å². The van der Waals surface area contributed by atoms with Crippen LogP contribution >= 0.6 is 0 Å². The standard InChI is InChI=1S/C20H36O3/c1-4-5-6-7-11-14-17-22-20(23-19(21)18(2)3)15-12-9-8-10-13-16-20/h2,4-17H2,1,3H3. The van der Waals surface area contributed by atoms with Gasteiger partial charge in [0.2, 0.25) is 5.79 Å². The van der Waals surface area contributed by atoms with Crippen molar-refractivity contribution in [3.63, 3.8) is 0 Å². The van der Waals surface area contributed by atoms with Crippen LogP contribution in [0.3, 0.4) is 0 Å². The molecule has 0 unspecified atom stereocenters. The van der Waals surface area contributed by atoms with E-state index in [9.17, 15) is 4.79 Å². The van der Waals surface area contributed by atoms with Crippen LogP contribution in [0, 0.1) is 0 Å². The fourth-order valence-electron chi connectivity index (χ4n) is 3.12. The SMILES string of the molecule is C=C(C)C(=O)OC1(OCCCCCCCC)CCCCCCC1. The molecule has 1 fully saturated rings. The van der Waals surface area contributed by atoms with E-state index in [4.69, 9.17) is 9.47 Å². The first-order valence-electron chi connectivity index (χ1n) is 9.62. The van der Waals surface area contributed by atoms with Crippen molar-refractivity contribution in [3.8, 4) is 0 Å². The number of hydrogen-bond donors (Lipinski definition) is 0. The van der Waals surface area contributed by atoms with Crippen molar-refractivity contribution in [1.82, 2.24) is 0 Å². The number of rotatable bonds is 10. The summed E-state index contributed by atoms with van der Waals surface area (Å²) in [4.78, 5) is 12.0. The fourth-order valence-corrected chi connectivity index (χ4v) is 3.12. The second-order valence-corrected chi connectivity index (χ2v) is 6.96. The molecular formula is C20H36O3. The third kappa shape index (κ3) is 8.55. The fraction of sp³-hybridized carbons (Fsp3) is 0.850. The van der Waals surface area contributed by atoms with Crippen molar-refractivity contribution < 1.29 is 14.3 Å². The Labute approximate surface area is 142 Å². The van der Waals surface area contributed by atoms with E-state index in [1.165, 1.54) is 51.4 Å². The van der Waals surface area contributed by atoms with Crippen LogP contribution in [0.25, 0.3) is 0 Å². The minimum Gasteiger partial charge on any atom is -0.430 e. The van der Waals surface area contributed by atoms with Gasteiger partial charge in [-0.1, -0.05) is 64.9 Å². The molecule has 0 aliphatic heterocycles. The Morgan fingerprint density at radius 3 is 2.13 bits per heavy atom. The van der Waals surface area contributed by atoms with Crippen LogP contribution in [-0.4, -0.2) is 18.4 Å². The summed E-state index contributed by atoms with van der Waals surface area (Å²) in [7, 11) is 0. The summed E-state index contributed by atoms with van der Waals surface area (Å²) < 4.78 is 11.9. The third-order valence-electron chi connectivity index (χ3n) is 4.61. The molecule has 0 radical (unpaired) electrons. The lowest BCUT2D eigenvalue weighted by atomic mass is 9.95. The van der Waals surface area contributed by atoms with Gasteiger partial charge in [-0.05, 0) is 26.2 Å². The van der Waals surface area contributed by atoms with Gasteiger partial charge in [0, 0.05) is 18.4 Å². The number of carbonyl (C=O) groups excluding carboxylic acids is 1. The molecule has 23 heavy (non-hydrogen) atoms. The maximum atomic E-state index is 12.0. The van der Waals surface area contributed by atoms with Gasteiger partial charge in [0.15, 0.2) is 0 Å². The Bertz CT molecular complexity index is 341. The largest absolute Gasteiger partial charge is 0.430 e. The number of ether oxygens (including phenoxy) is 2. The van der Waals surface area contributed by atoms with Crippen LogP contribution in [0.4, 0.5) is 0 Å². The molecule has 0 spiro atoms. The lowest BCUT2D eigenvalue weighted by Gasteiger charge is -2.35. The number of carbonyl (C=O) groups is 1. The molecular weight excluding hydrogens is 288 g/mol. The molecule has 3 nitrogen and oxygen atoms in total. The van der Waals surface area contributed by atoms with Crippen molar-refractivity contribution in [3.05, 3.63) is 12.2 Å². The van der Waals surface area contributed by atoms with Gasteiger partial charge in [-0.2, -0.15) is 0 Å². The van der Waals surface area contributed by atoms with Crippen molar-refractivity contribution in [2.45, 2.75) is 103 Å². The molecule has 1 rings (SSSR count). The van der Waals surface area contributed by atoms with Crippen LogP contribution in [0.2, 0.25) is 0 Å². The van der Waals surface area contributed by atoms with E-state index >= 15 is 0 Å². The second-order valence-electron chi connectivity index (χ2n) is 6.96. The minimum absolute atomic E-state index is 0.312. The normalized spacial score (nSPS) is 18.0. The summed E-state index contributed by atoms with van der Waals surface area (Å²) in [5.41, 5.74) is 0.453. The first kappa shape index (κ1) is 20.2. The Morgan fingerprint density at radius 2 is 1.52 bits per heavy atom. The molecule has 134 valence electrons. The molecule has 0 saturated heterocycles. The van der Waals surface area contributed by atoms with Gasteiger partial charge >= 0.3 is 5.97 Å². The Balaban J connectivity index is 2.46. The van der Waals surface area contributed by atoms with Gasteiger partial charge in [0.25, 0.3) is 0 Å². The van der Waals surface area contributed by atoms with E-state index < -0.39 is 5.79 Å². The predicted octanol–water partition coefficient (Wildman–Crippen LogP) is 5.92. The molecule has 0 bridgehead atoms. The molecule has 0 N–H and O–H groups in total. The van der Waals surface area contributed by atoms with Gasteiger partial charge in [0.05, 0.1) is 6.61 Å². The zero-order valence-electron chi connectivity index (χ0n) is 15.3. The van der Waals surface area contributed by atoms with Crippen molar-refractivity contribution in [2.75, 3.05) is 6.61 Å². The maximum Gasteiger partial charge on any atom is 0.335 e. The summed E-state index contributed by atoms with van der Waals surface area (Å²) in [6, 6.07) is 0. The van der Waals surface area contributed by atoms with E-state index in [-0.39, 0.29) is 5.97 Å². The summed E-state index contributed by atoms with van der Waals surface area (Å²) in [5, 5.41) is 0. The molecule has 1 saturated carbocycles. The summed E-state index contributed by atoms with van der Waals surface area (Å²) in [5.74, 6) is -1.02. The first-order valence-corrected chi connectivity index (χ1v) is 9.62. The molecule has 0 atom stereocenters. The molecule has 0 aromatic heterocycles. The summed E-state index contributed by atoms with van der Waals surface area (Å²) in [6.45, 7) is 8.33. The van der Waals surface area contributed by atoms with Crippen LogP contribution in [0.5, 0.6) is 0 Å². The van der Waals surface area contributed by atoms with Crippen LogP contribution in [0.1, 0.15) is 97.3 Å². The van der Waals surface area contributed by atoms with Gasteiger partial charge in [-0.25, -0.2) is 4.79 Å². The molecule has 0 aromatic carbocycles. The maximum absolute atomic E-state index is 12.0. The Hall–Kier alpha value is -0.830. The smallest absolute Gasteiger partial charge is 0.335 e. The molecule has 0 aromatic rings. The van der Waals surface area contributed by atoms with Crippen LogP contribution in [0.15, 0.2) is 12.2 Å². The summed E-state index contributed by atoms with van der Waals surface area (Å²) >= 11 is 0. The molecule has 1 aliphatic carbocycles. The van der Waals surface area contributed by atoms with Gasteiger partial charge in [-0.3, -0.25) is 0 Å². The van der Waals surface area contributed by atoms with Crippen LogP contribution in [-0.2, 0) is 14.3 Å².